The van der Waals surface area contributed by atoms with E-state index in [4.69, 9.17) is 14.2 Å². The molecule has 7 nitrogen and oxygen atoms in total. The summed E-state index contributed by atoms with van der Waals surface area (Å²) in [4.78, 5) is 11.9. The summed E-state index contributed by atoms with van der Waals surface area (Å²) >= 11 is 0. The lowest BCUT2D eigenvalue weighted by Crippen LogP contribution is -2.24. The van der Waals surface area contributed by atoms with Crippen LogP contribution in [0.5, 0.6) is 11.6 Å². The summed E-state index contributed by atoms with van der Waals surface area (Å²) in [5.74, 6) is 1.97. The Balaban J connectivity index is 1.24. The molecule has 2 aromatic rings. The second kappa shape index (κ2) is 10.6. The zero-order valence-electron chi connectivity index (χ0n) is 18.3. The van der Waals surface area contributed by atoms with Gasteiger partial charge in [-0.25, -0.2) is 9.89 Å². The highest BCUT2D eigenvalue weighted by Crippen LogP contribution is 2.35. The molecule has 7 heteroatoms. The van der Waals surface area contributed by atoms with Gasteiger partial charge in [0.2, 0.25) is 5.69 Å². The monoisotopic (exact) mass is 427 g/mol. The summed E-state index contributed by atoms with van der Waals surface area (Å²) in [7, 11) is 0. The van der Waals surface area contributed by atoms with Crippen LogP contribution in [0.1, 0.15) is 86.7 Å². The number of hydrogen-bond donors (Lipinski definition) is 1. The Hall–Kier alpha value is -2.57. The molecule has 168 valence electrons. The quantitative estimate of drug-likeness (QED) is 0.594. The van der Waals surface area contributed by atoms with Gasteiger partial charge in [0.25, 0.3) is 5.88 Å². The number of ether oxygens (including phenoxy) is 3. The van der Waals surface area contributed by atoms with Crippen LogP contribution in [0.2, 0.25) is 0 Å². The fraction of sp³-hybridized carbons (Fsp3) is 0.625. The third kappa shape index (κ3) is 5.77. The van der Waals surface area contributed by atoms with Gasteiger partial charge in [0.15, 0.2) is 0 Å². The SMILES string of the molecule is CCOC(=O)c1[nH]nnc1O[C@H]1CC[C@H](c2ccc(OCC3CCCCC3)cc2)CC1. The summed E-state index contributed by atoms with van der Waals surface area (Å²) in [5, 5.41) is 10.2. The van der Waals surface area contributed by atoms with Crippen LogP contribution in [-0.2, 0) is 4.74 Å². The molecule has 0 atom stereocenters. The van der Waals surface area contributed by atoms with E-state index in [-0.39, 0.29) is 17.7 Å². The molecule has 0 aliphatic heterocycles. The van der Waals surface area contributed by atoms with Crippen molar-refractivity contribution in [2.24, 2.45) is 5.92 Å². The van der Waals surface area contributed by atoms with Crippen molar-refractivity contribution in [3.63, 3.8) is 0 Å². The summed E-state index contributed by atoms with van der Waals surface area (Å²) in [6.45, 7) is 2.91. The van der Waals surface area contributed by atoms with Gasteiger partial charge in [-0.3, -0.25) is 0 Å². The lowest BCUT2D eigenvalue weighted by Gasteiger charge is -2.28. The summed E-state index contributed by atoms with van der Waals surface area (Å²) in [6.07, 6.45) is 10.6. The van der Waals surface area contributed by atoms with E-state index < -0.39 is 5.97 Å². The first-order chi connectivity index (χ1) is 15.2. The van der Waals surface area contributed by atoms with Crippen LogP contribution >= 0.6 is 0 Å². The fourth-order valence-electron chi connectivity index (χ4n) is 4.71. The Morgan fingerprint density at radius 3 is 2.48 bits per heavy atom. The molecule has 2 fully saturated rings. The van der Waals surface area contributed by atoms with Crippen molar-refractivity contribution in [2.45, 2.75) is 76.7 Å². The Bertz CT molecular complexity index is 822. The van der Waals surface area contributed by atoms with E-state index in [9.17, 15) is 4.79 Å². The molecule has 0 radical (unpaired) electrons. The first kappa shape index (κ1) is 21.7. The maximum Gasteiger partial charge on any atom is 0.362 e. The molecule has 2 saturated carbocycles. The second-order valence-electron chi connectivity index (χ2n) is 8.69. The van der Waals surface area contributed by atoms with Crippen LogP contribution in [0.25, 0.3) is 0 Å². The number of hydrogen-bond acceptors (Lipinski definition) is 6. The number of H-pyrrole nitrogens is 1. The summed E-state index contributed by atoms with van der Waals surface area (Å²) in [6, 6.07) is 8.64. The largest absolute Gasteiger partial charge is 0.493 e. The number of aromatic amines is 1. The predicted molar refractivity (Wildman–Crippen MR) is 116 cm³/mol. The molecule has 1 aromatic carbocycles. The molecular weight excluding hydrogens is 394 g/mol. The molecule has 1 N–H and O–H groups in total. The highest BCUT2D eigenvalue weighted by molar-refractivity contribution is 5.89. The minimum absolute atomic E-state index is 0.0348. The Kier molecular flexibility index (Phi) is 7.43. The first-order valence-corrected chi connectivity index (χ1v) is 11.7. The van der Waals surface area contributed by atoms with Gasteiger partial charge in [0.1, 0.15) is 11.9 Å². The normalized spacial score (nSPS) is 22.1. The Morgan fingerprint density at radius 1 is 1.03 bits per heavy atom. The lowest BCUT2D eigenvalue weighted by atomic mass is 9.83. The molecule has 0 bridgehead atoms. The van der Waals surface area contributed by atoms with E-state index in [1.807, 2.05) is 0 Å². The number of benzene rings is 1. The van der Waals surface area contributed by atoms with Crippen LogP contribution in [0.4, 0.5) is 0 Å². The van der Waals surface area contributed by atoms with Crippen molar-refractivity contribution in [3.8, 4) is 11.6 Å². The van der Waals surface area contributed by atoms with Crippen molar-refractivity contribution in [1.82, 2.24) is 15.4 Å². The zero-order chi connectivity index (χ0) is 21.5. The van der Waals surface area contributed by atoms with Gasteiger partial charge in [-0.1, -0.05) is 41.7 Å². The van der Waals surface area contributed by atoms with E-state index >= 15 is 0 Å². The molecule has 0 saturated heterocycles. The van der Waals surface area contributed by atoms with Crippen LogP contribution < -0.4 is 9.47 Å². The Labute approximate surface area is 183 Å². The van der Waals surface area contributed by atoms with Crippen molar-refractivity contribution in [2.75, 3.05) is 13.2 Å². The van der Waals surface area contributed by atoms with E-state index in [2.05, 4.69) is 39.7 Å². The number of carbonyl (C=O) groups is 1. The maximum atomic E-state index is 11.9. The maximum absolute atomic E-state index is 11.9. The van der Waals surface area contributed by atoms with Gasteiger partial charge in [0.05, 0.1) is 13.2 Å². The molecule has 1 aromatic heterocycles. The molecular formula is C24H33N3O4. The molecule has 2 aliphatic rings. The molecule has 0 amide bonds. The average Bonchev–Trinajstić information content (AvgIpc) is 3.28. The van der Waals surface area contributed by atoms with Crippen molar-refractivity contribution in [1.29, 1.82) is 0 Å². The molecule has 0 unspecified atom stereocenters. The van der Waals surface area contributed by atoms with Crippen molar-refractivity contribution < 1.29 is 19.0 Å². The van der Waals surface area contributed by atoms with E-state index in [1.54, 1.807) is 6.92 Å². The molecule has 1 heterocycles. The van der Waals surface area contributed by atoms with Crippen LogP contribution in [0, 0.1) is 5.92 Å². The summed E-state index contributed by atoms with van der Waals surface area (Å²) in [5.41, 5.74) is 1.55. The van der Waals surface area contributed by atoms with Gasteiger partial charge >= 0.3 is 5.97 Å². The van der Waals surface area contributed by atoms with Crippen LogP contribution in [0.15, 0.2) is 24.3 Å². The first-order valence-electron chi connectivity index (χ1n) is 11.7. The minimum Gasteiger partial charge on any atom is -0.493 e. The average molecular weight is 428 g/mol. The smallest absolute Gasteiger partial charge is 0.362 e. The molecule has 4 rings (SSSR count). The molecule has 31 heavy (non-hydrogen) atoms. The van der Waals surface area contributed by atoms with Crippen LogP contribution in [0.3, 0.4) is 0 Å². The predicted octanol–water partition coefficient (Wildman–Crippen LogP) is 5.05. The highest BCUT2D eigenvalue weighted by atomic mass is 16.5. The number of nitrogens with one attached hydrogen (secondary N) is 1. The number of esters is 1. The number of rotatable bonds is 8. The standard InChI is InChI=1S/C24H33N3O4/c1-2-29-24(28)22-23(26-27-25-22)31-21-14-10-19(11-15-21)18-8-12-20(13-9-18)30-16-17-6-4-3-5-7-17/h8-9,12-13,17,19,21H,2-7,10-11,14-16H2,1H3,(H,25,26,27)/t19-,21-. The fourth-order valence-corrected chi connectivity index (χ4v) is 4.71. The number of aromatic nitrogens is 3. The van der Waals surface area contributed by atoms with Crippen molar-refractivity contribution >= 4 is 5.97 Å². The van der Waals surface area contributed by atoms with Crippen LogP contribution in [-0.4, -0.2) is 40.7 Å². The minimum atomic E-state index is -0.484. The number of nitrogens with zero attached hydrogens (tertiary/aromatic N) is 2. The van der Waals surface area contributed by atoms with Gasteiger partial charge in [-0.05, 0) is 75.0 Å². The van der Waals surface area contributed by atoms with Gasteiger partial charge in [0, 0.05) is 0 Å². The van der Waals surface area contributed by atoms with Gasteiger partial charge in [-0.15, -0.1) is 0 Å². The second-order valence-corrected chi connectivity index (χ2v) is 8.69. The van der Waals surface area contributed by atoms with E-state index in [0.29, 0.717) is 12.5 Å². The molecule has 0 spiro atoms. The van der Waals surface area contributed by atoms with Crippen molar-refractivity contribution in [3.05, 3.63) is 35.5 Å². The van der Waals surface area contributed by atoms with Gasteiger partial charge in [-0.2, -0.15) is 0 Å². The third-order valence-corrected chi connectivity index (χ3v) is 6.51. The van der Waals surface area contributed by atoms with E-state index in [0.717, 1.165) is 44.0 Å². The zero-order valence-corrected chi connectivity index (χ0v) is 18.3. The van der Waals surface area contributed by atoms with E-state index in [1.165, 1.54) is 37.7 Å². The molecule has 2 aliphatic carbocycles. The highest BCUT2D eigenvalue weighted by Gasteiger charge is 2.27. The topological polar surface area (TPSA) is 86.3 Å². The van der Waals surface area contributed by atoms with Gasteiger partial charge < -0.3 is 14.2 Å². The third-order valence-electron chi connectivity index (χ3n) is 6.51. The lowest BCUT2D eigenvalue weighted by molar-refractivity contribution is 0.0508. The Morgan fingerprint density at radius 2 is 1.77 bits per heavy atom. The number of carbonyl (C=O) groups excluding carboxylic acids is 1. The summed E-state index contributed by atoms with van der Waals surface area (Å²) < 4.78 is 17.0.